The minimum absolute atomic E-state index is 0.538. The van der Waals surface area contributed by atoms with E-state index in [4.69, 9.17) is 9.94 Å². The molecule has 100 valence electrons. The smallest absolute Gasteiger partial charge is 0.128 e. The lowest BCUT2D eigenvalue weighted by Gasteiger charge is -2.15. The molecule has 0 saturated heterocycles. The largest absolute Gasteiger partial charge is 0.493 e. The van der Waals surface area contributed by atoms with E-state index in [9.17, 15) is 0 Å². The molecule has 0 saturated carbocycles. The number of nitrogens with zero attached hydrogens (tertiary/aromatic N) is 1. The van der Waals surface area contributed by atoms with E-state index in [-0.39, 0.29) is 0 Å². The lowest BCUT2D eigenvalue weighted by molar-refractivity contribution is 0.251. The standard InChI is InChI=1S/C15H23NO2/c1-5-6-12(3)10-18-15-8-7-11(2)9-14(15)13(4)16-17/h7-9,12,17H,5-6,10H2,1-4H3. The lowest BCUT2D eigenvalue weighted by atomic mass is 10.1. The molecule has 0 aliphatic rings. The van der Waals surface area contributed by atoms with Crippen molar-refractivity contribution in [3.8, 4) is 5.75 Å². The number of ether oxygens (including phenoxy) is 1. The van der Waals surface area contributed by atoms with Crippen LogP contribution in [0.2, 0.25) is 0 Å². The number of oxime groups is 1. The Morgan fingerprint density at radius 3 is 2.78 bits per heavy atom. The Labute approximate surface area is 109 Å². The fourth-order valence-electron chi connectivity index (χ4n) is 1.91. The molecule has 1 rings (SSSR count). The Morgan fingerprint density at radius 2 is 2.17 bits per heavy atom. The summed E-state index contributed by atoms with van der Waals surface area (Å²) in [4.78, 5) is 0. The fourth-order valence-corrected chi connectivity index (χ4v) is 1.91. The van der Waals surface area contributed by atoms with Gasteiger partial charge in [0.2, 0.25) is 0 Å². The molecular formula is C15H23NO2. The number of aryl methyl sites for hydroxylation is 1. The van der Waals surface area contributed by atoms with E-state index < -0.39 is 0 Å². The maximum absolute atomic E-state index is 8.90. The van der Waals surface area contributed by atoms with Crippen LogP contribution in [0.3, 0.4) is 0 Å². The van der Waals surface area contributed by atoms with Crippen LogP contribution in [-0.2, 0) is 0 Å². The third-order valence-electron chi connectivity index (χ3n) is 2.98. The van der Waals surface area contributed by atoms with Gasteiger partial charge in [0.1, 0.15) is 5.75 Å². The van der Waals surface area contributed by atoms with Gasteiger partial charge in [-0.05, 0) is 38.3 Å². The van der Waals surface area contributed by atoms with E-state index in [1.54, 1.807) is 6.92 Å². The average Bonchev–Trinajstić information content (AvgIpc) is 2.36. The molecule has 0 amide bonds. The van der Waals surface area contributed by atoms with E-state index in [0.29, 0.717) is 18.2 Å². The van der Waals surface area contributed by atoms with Crippen molar-refractivity contribution in [2.75, 3.05) is 6.61 Å². The summed E-state index contributed by atoms with van der Waals surface area (Å²) in [5, 5.41) is 12.2. The van der Waals surface area contributed by atoms with Gasteiger partial charge in [0.25, 0.3) is 0 Å². The molecule has 0 fully saturated rings. The quantitative estimate of drug-likeness (QED) is 0.470. The Hall–Kier alpha value is -1.51. The van der Waals surface area contributed by atoms with E-state index in [0.717, 1.165) is 23.3 Å². The maximum atomic E-state index is 8.90. The van der Waals surface area contributed by atoms with Crippen LogP contribution in [-0.4, -0.2) is 17.5 Å². The van der Waals surface area contributed by atoms with Gasteiger partial charge in [-0.25, -0.2) is 0 Å². The van der Waals surface area contributed by atoms with Gasteiger partial charge in [0.15, 0.2) is 0 Å². The van der Waals surface area contributed by atoms with Gasteiger partial charge in [-0.1, -0.05) is 37.1 Å². The van der Waals surface area contributed by atoms with Gasteiger partial charge in [-0.2, -0.15) is 0 Å². The lowest BCUT2D eigenvalue weighted by Crippen LogP contribution is -2.10. The highest BCUT2D eigenvalue weighted by Crippen LogP contribution is 2.22. The van der Waals surface area contributed by atoms with E-state index in [2.05, 4.69) is 19.0 Å². The number of hydrogen-bond acceptors (Lipinski definition) is 3. The van der Waals surface area contributed by atoms with Gasteiger partial charge in [0.05, 0.1) is 12.3 Å². The summed E-state index contributed by atoms with van der Waals surface area (Å²) in [6.45, 7) is 8.85. The average molecular weight is 249 g/mol. The van der Waals surface area contributed by atoms with Crippen molar-refractivity contribution in [1.82, 2.24) is 0 Å². The minimum Gasteiger partial charge on any atom is -0.493 e. The van der Waals surface area contributed by atoms with Crippen molar-refractivity contribution in [2.45, 2.75) is 40.5 Å². The highest BCUT2D eigenvalue weighted by Gasteiger charge is 2.09. The number of hydrogen-bond donors (Lipinski definition) is 1. The Bertz CT molecular complexity index is 413. The van der Waals surface area contributed by atoms with Crippen molar-refractivity contribution in [3.05, 3.63) is 29.3 Å². The van der Waals surface area contributed by atoms with Crippen LogP contribution < -0.4 is 4.74 Å². The normalized spacial score (nSPS) is 13.4. The molecule has 0 bridgehead atoms. The molecule has 0 aromatic heterocycles. The molecule has 0 aliphatic heterocycles. The summed E-state index contributed by atoms with van der Waals surface area (Å²) < 4.78 is 5.84. The summed E-state index contributed by atoms with van der Waals surface area (Å²) in [6, 6.07) is 5.93. The van der Waals surface area contributed by atoms with Crippen LogP contribution in [0.1, 0.15) is 44.7 Å². The highest BCUT2D eigenvalue weighted by molar-refractivity contribution is 6.00. The molecule has 3 nitrogen and oxygen atoms in total. The van der Waals surface area contributed by atoms with Gasteiger partial charge in [0, 0.05) is 5.56 Å². The second-order valence-corrected chi connectivity index (χ2v) is 4.89. The van der Waals surface area contributed by atoms with Crippen LogP contribution in [0.5, 0.6) is 5.75 Å². The molecule has 1 aromatic carbocycles. The topological polar surface area (TPSA) is 41.8 Å². The van der Waals surface area contributed by atoms with Crippen LogP contribution >= 0.6 is 0 Å². The zero-order valence-electron chi connectivity index (χ0n) is 11.7. The first kappa shape index (κ1) is 14.6. The summed E-state index contributed by atoms with van der Waals surface area (Å²) in [7, 11) is 0. The van der Waals surface area contributed by atoms with E-state index in [1.807, 2.05) is 25.1 Å². The molecule has 18 heavy (non-hydrogen) atoms. The third kappa shape index (κ3) is 4.06. The Balaban J connectivity index is 2.82. The van der Waals surface area contributed by atoms with E-state index in [1.165, 1.54) is 6.42 Å². The fraction of sp³-hybridized carbons (Fsp3) is 0.533. The summed E-state index contributed by atoms with van der Waals surface area (Å²) in [5.74, 6) is 1.33. The van der Waals surface area contributed by atoms with Crippen molar-refractivity contribution in [1.29, 1.82) is 0 Å². The molecule has 1 aromatic rings. The molecule has 1 atom stereocenters. The first-order valence-corrected chi connectivity index (χ1v) is 6.51. The number of rotatable bonds is 6. The maximum Gasteiger partial charge on any atom is 0.128 e. The summed E-state index contributed by atoms with van der Waals surface area (Å²) in [6.07, 6.45) is 2.33. The molecule has 1 unspecified atom stereocenters. The summed E-state index contributed by atoms with van der Waals surface area (Å²) >= 11 is 0. The first-order chi connectivity index (χ1) is 8.58. The van der Waals surface area contributed by atoms with Gasteiger partial charge >= 0.3 is 0 Å². The van der Waals surface area contributed by atoms with Gasteiger partial charge < -0.3 is 9.94 Å². The Morgan fingerprint density at radius 1 is 1.44 bits per heavy atom. The second-order valence-electron chi connectivity index (χ2n) is 4.89. The van der Waals surface area contributed by atoms with Crippen LogP contribution in [0.25, 0.3) is 0 Å². The van der Waals surface area contributed by atoms with Gasteiger partial charge in [-0.15, -0.1) is 0 Å². The monoisotopic (exact) mass is 249 g/mol. The SMILES string of the molecule is CCCC(C)COc1ccc(C)cc1C(C)=NO. The Kier molecular flexibility index (Phi) is 5.69. The van der Waals surface area contributed by atoms with Crippen molar-refractivity contribution in [2.24, 2.45) is 11.1 Å². The summed E-state index contributed by atoms with van der Waals surface area (Å²) in [5.41, 5.74) is 2.57. The molecule has 0 heterocycles. The molecule has 0 spiro atoms. The number of benzene rings is 1. The predicted octanol–water partition coefficient (Wildman–Crippen LogP) is 4.01. The van der Waals surface area contributed by atoms with E-state index >= 15 is 0 Å². The third-order valence-corrected chi connectivity index (χ3v) is 2.98. The molecule has 0 aliphatic carbocycles. The molecular weight excluding hydrogens is 226 g/mol. The van der Waals surface area contributed by atoms with Crippen molar-refractivity contribution < 1.29 is 9.94 Å². The van der Waals surface area contributed by atoms with Crippen LogP contribution in [0, 0.1) is 12.8 Å². The minimum atomic E-state index is 0.538. The zero-order valence-corrected chi connectivity index (χ0v) is 11.7. The second kappa shape index (κ2) is 7.04. The van der Waals surface area contributed by atoms with Crippen LogP contribution in [0.15, 0.2) is 23.4 Å². The van der Waals surface area contributed by atoms with Crippen LogP contribution in [0.4, 0.5) is 0 Å². The highest BCUT2D eigenvalue weighted by atomic mass is 16.5. The van der Waals surface area contributed by atoms with Crippen molar-refractivity contribution in [3.63, 3.8) is 0 Å². The molecule has 3 heteroatoms. The zero-order chi connectivity index (χ0) is 13.5. The first-order valence-electron chi connectivity index (χ1n) is 6.51. The molecule has 1 N–H and O–H groups in total. The predicted molar refractivity (Wildman–Crippen MR) is 74.7 cm³/mol. The van der Waals surface area contributed by atoms with Crippen molar-refractivity contribution >= 4 is 5.71 Å². The molecule has 0 radical (unpaired) electrons. The van der Waals surface area contributed by atoms with Gasteiger partial charge in [-0.3, -0.25) is 0 Å².